The number of carbonyl (C=O) groups is 1. The molecule has 1 aromatic rings. The largest absolute Gasteiger partial charge is 0.493 e. The van der Waals surface area contributed by atoms with Crippen LogP contribution in [0.2, 0.25) is 0 Å². The molecule has 1 aromatic carbocycles. The van der Waals surface area contributed by atoms with Gasteiger partial charge in [-0.2, -0.15) is 0 Å². The Morgan fingerprint density at radius 2 is 2.04 bits per heavy atom. The number of ether oxygens (including phenoxy) is 2. The molecule has 1 saturated carbocycles. The van der Waals surface area contributed by atoms with Crippen LogP contribution < -0.4 is 15.4 Å². The van der Waals surface area contributed by atoms with Crippen LogP contribution in [0, 0.1) is 5.92 Å². The summed E-state index contributed by atoms with van der Waals surface area (Å²) in [5, 5.41) is 6.49. The number of nitrogens with zero attached hydrogens (tertiary/aromatic N) is 1. The van der Waals surface area contributed by atoms with Crippen molar-refractivity contribution in [3.05, 3.63) is 29.8 Å². The summed E-state index contributed by atoms with van der Waals surface area (Å²) in [5.41, 5.74) is 1.08. The van der Waals surface area contributed by atoms with Gasteiger partial charge in [0.1, 0.15) is 5.75 Å². The van der Waals surface area contributed by atoms with E-state index in [-0.39, 0.29) is 5.97 Å². The molecule has 144 valence electrons. The molecule has 0 unspecified atom stereocenters. The predicted molar refractivity (Wildman–Crippen MR) is 103 cm³/mol. The van der Waals surface area contributed by atoms with Gasteiger partial charge in [-0.15, -0.1) is 0 Å². The van der Waals surface area contributed by atoms with Crippen LogP contribution in [0.15, 0.2) is 29.3 Å². The Hall–Kier alpha value is -2.24. The van der Waals surface area contributed by atoms with Crippen LogP contribution in [0.5, 0.6) is 5.75 Å². The molecule has 1 fully saturated rings. The molecular weight excluding hydrogens is 330 g/mol. The van der Waals surface area contributed by atoms with Crippen molar-refractivity contribution in [2.24, 2.45) is 10.9 Å². The molecule has 6 heteroatoms. The first-order valence-electron chi connectivity index (χ1n) is 9.61. The number of nitrogens with one attached hydrogen (secondary N) is 2. The van der Waals surface area contributed by atoms with E-state index in [4.69, 9.17) is 9.47 Å². The highest BCUT2D eigenvalue weighted by Gasteiger charge is 2.22. The van der Waals surface area contributed by atoms with Gasteiger partial charge in [0.15, 0.2) is 5.96 Å². The van der Waals surface area contributed by atoms with Crippen molar-refractivity contribution in [1.29, 1.82) is 0 Å². The second kappa shape index (κ2) is 11.4. The minimum Gasteiger partial charge on any atom is -0.493 e. The number of esters is 1. The predicted octanol–water partition coefficient (Wildman–Crippen LogP) is 2.87. The van der Waals surface area contributed by atoms with E-state index in [0.29, 0.717) is 32.5 Å². The fourth-order valence-electron chi connectivity index (χ4n) is 2.45. The highest BCUT2D eigenvalue weighted by molar-refractivity contribution is 5.79. The lowest BCUT2D eigenvalue weighted by atomic mass is 10.2. The molecule has 1 aliphatic rings. The molecule has 0 saturated heterocycles. The third-order valence-corrected chi connectivity index (χ3v) is 4.05. The monoisotopic (exact) mass is 361 g/mol. The van der Waals surface area contributed by atoms with Crippen LogP contribution in [-0.2, 0) is 16.1 Å². The fourth-order valence-corrected chi connectivity index (χ4v) is 2.45. The quantitative estimate of drug-likeness (QED) is 0.274. The second-order valence-electron chi connectivity index (χ2n) is 6.39. The average molecular weight is 361 g/mol. The molecule has 0 radical (unpaired) electrons. The van der Waals surface area contributed by atoms with Gasteiger partial charge < -0.3 is 20.1 Å². The van der Waals surface area contributed by atoms with Crippen LogP contribution >= 0.6 is 0 Å². The molecule has 0 aromatic heterocycles. The van der Waals surface area contributed by atoms with Gasteiger partial charge in [-0.1, -0.05) is 18.2 Å². The molecule has 1 aliphatic carbocycles. The van der Waals surface area contributed by atoms with E-state index in [1.807, 2.05) is 32.0 Å². The van der Waals surface area contributed by atoms with Crippen molar-refractivity contribution >= 4 is 11.9 Å². The molecule has 2 rings (SSSR count). The van der Waals surface area contributed by atoms with E-state index >= 15 is 0 Å². The summed E-state index contributed by atoms with van der Waals surface area (Å²) in [6.45, 7) is 7.08. The molecule has 0 amide bonds. The van der Waals surface area contributed by atoms with E-state index in [1.165, 1.54) is 12.8 Å². The fraction of sp³-hybridized carbons (Fsp3) is 0.600. The molecule has 0 bridgehead atoms. The SMILES string of the molecule is CCNC(=NCc1ccccc1OCC1CC1)NCCCC(=O)OCC. The lowest BCUT2D eigenvalue weighted by molar-refractivity contribution is -0.143. The first-order chi connectivity index (χ1) is 12.7. The maximum Gasteiger partial charge on any atom is 0.305 e. The number of hydrogen-bond acceptors (Lipinski definition) is 4. The van der Waals surface area contributed by atoms with E-state index < -0.39 is 0 Å². The number of para-hydroxylation sites is 1. The van der Waals surface area contributed by atoms with E-state index in [1.54, 1.807) is 0 Å². The molecule has 0 spiro atoms. The van der Waals surface area contributed by atoms with Crippen molar-refractivity contribution in [1.82, 2.24) is 10.6 Å². The number of carbonyl (C=O) groups excluding carboxylic acids is 1. The highest BCUT2D eigenvalue weighted by atomic mass is 16.5. The zero-order valence-corrected chi connectivity index (χ0v) is 15.9. The van der Waals surface area contributed by atoms with Crippen LogP contribution in [0.1, 0.15) is 45.1 Å². The molecule has 0 heterocycles. The first-order valence-corrected chi connectivity index (χ1v) is 9.61. The van der Waals surface area contributed by atoms with Crippen molar-refractivity contribution in [3.63, 3.8) is 0 Å². The Morgan fingerprint density at radius 1 is 1.23 bits per heavy atom. The van der Waals surface area contributed by atoms with Crippen LogP contribution in [0.4, 0.5) is 0 Å². The Bertz CT molecular complexity index is 585. The van der Waals surface area contributed by atoms with Crippen LogP contribution in [0.3, 0.4) is 0 Å². The topological polar surface area (TPSA) is 72.0 Å². The third-order valence-electron chi connectivity index (χ3n) is 4.05. The number of hydrogen-bond donors (Lipinski definition) is 2. The molecule has 0 atom stereocenters. The van der Waals surface area contributed by atoms with Gasteiger partial charge in [0, 0.05) is 25.1 Å². The summed E-state index contributed by atoms with van der Waals surface area (Å²) in [7, 11) is 0. The van der Waals surface area contributed by atoms with Crippen molar-refractivity contribution in [3.8, 4) is 5.75 Å². The zero-order valence-electron chi connectivity index (χ0n) is 15.9. The lowest BCUT2D eigenvalue weighted by Crippen LogP contribution is -2.37. The van der Waals surface area contributed by atoms with Crippen molar-refractivity contribution in [2.45, 2.75) is 46.1 Å². The summed E-state index contributed by atoms with van der Waals surface area (Å²) in [6.07, 6.45) is 3.68. The van der Waals surface area contributed by atoms with Gasteiger partial charge in [-0.3, -0.25) is 4.79 Å². The maximum atomic E-state index is 11.4. The summed E-state index contributed by atoms with van der Waals surface area (Å²) < 4.78 is 10.9. The van der Waals surface area contributed by atoms with Crippen molar-refractivity contribution in [2.75, 3.05) is 26.3 Å². The summed E-state index contributed by atoms with van der Waals surface area (Å²) in [4.78, 5) is 16.0. The van der Waals surface area contributed by atoms with E-state index in [9.17, 15) is 4.79 Å². The standard InChI is InChI=1S/C20H31N3O3/c1-3-21-20(22-13-7-10-19(24)25-4-2)23-14-17-8-5-6-9-18(17)26-15-16-11-12-16/h5-6,8-9,16H,3-4,7,10-15H2,1-2H3,(H2,21,22,23). The molecular formula is C20H31N3O3. The first kappa shape index (κ1) is 20.1. The molecule has 2 N–H and O–H groups in total. The normalized spacial score (nSPS) is 14.0. The lowest BCUT2D eigenvalue weighted by Gasteiger charge is -2.13. The smallest absolute Gasteiger partial charge is 0.305 e. The minimum atomic E-state index is -0.155. The minimum absolute atomic E-state index is 0.155. The van der Waals surface area contributed by atoms with Crippen LogP contribution in [0.25, 0.3) is 0 Å². The summed E-state index contributed by atoms with van der Waals surface area (Å²) >= 11 is 0. The molecule has 6 nitrogen and oxygen atoms in total. The van der Waals surface area contributed by atoms with Gasteiger partial charge in [0.25, 0.3) is 0 Å². The summed E-state index contributed by atoms with van der Waals surface area (Å²) in [6, 6.07) is 8.06. The van der Waals surface area contributed by atoms with E-state index in [2.05, 4.69) is 21.7 Å². The number of benzene rings is 1. The molecule has 26 heavy (non-hydrogen) atoms. The Morgan fingerprint density at radius 3 is 2.77 bits per heavy atom. The molecule has 0 aliphatic heterocycles. The number of guanidine groups is 1. The zero-order chi connectivity index (χ0) is 18.6. The van der Waals surface area contributed by atoms with Gasteiger partial charge in [0.05, 0.1) is 19.8 Å². The number of aliphatic imine (C=N–C) groups is 1. The Kier molecular flexibility index (Phi) is 8.79. The Labute approximate surface area is 156 Å². The second-order valence-corrected chi connectivity index (χ2v) is 6.39. The van der Waals surface area contributed by atoms with Crippen molar-refractivity contribution < 1.29 is 14.3 Å². The van der Waals surface area contributed by atoms with Gasteiger partial charge in [-0.25, -0.2) is 4.99 Å². The maximum absolute atomic E-state index is 11.4. The highest BCUT2D eigenvalue weighted by Crippen LogP contribution is 2.30. The summed E-state index contributed by atoms with van der Waals surface area (Å²) in [5.74, 6) is 2.23. The van der Waals surface area contributed by atoms with E-state index in [0.717, 1.165) is 36.3 Å². The Balaban J connectivity index is 1.82. The van der Waals surface area contributed by atoms with Crippen LogP contribution in [-0.4, -0.2) is 38.2 Å². The average Bonchev–Trinajstić information content (AvgIpc) is 3.47. The number of rotatable bonds is 11. The van der Waals surface area contributed by atoms with Gasteiger partial charge in [-0.05, 0) is 45.1 Å². The third kappa shape index (κ3) is 7.76. The van der Waals surface area contributed by atoms with Gasteiger partial charge in [0.2, 0.25) is 0 Å². The van der Waals surface area contributed by atoms with Gasteiger partial charge >= 0.3 is 5.97 Å².